The summed E-state index contributed by atoms with van der Waals surface area (Å²) in [5.74, 6) is 0.818. The number of hydrogen-bond acceptors (Lipinski definition) is 4. The summed E-state index contributed by atoms with van der Waals surface area (Å²) in [5, 5.41) is 22.6. The lowest BCUT2D eigenvalue weighted by Crippen LogP contribution is -2.33. The molecule has 3 aromatic rings. The monoisotopic (exact) mass is 412 g/mol. The first-order valence-corrected chi connectivity index (χ1v) is 10.2. The quantitative estimate of drug-likeness (QED) is 0.639. The van der Waals surface area contributed by atoms with Crippen molar-refractivity contribution in [2.24, 2.45) is 0 Å². The fourth-order valence-corrected chi connectivity index (χ4v) is 4.38. The van der Waals surface area contributed by atoms with Crippen LogP contribution < -0.4 is 4.74 Å². The van der Waals surface area contributed by atoms with Crippen LogP contribution in [0.3, 0.4) is 0 Å². The minimum absolute atomic E-state index is 0.0994. The molecule has 5 heteroatoms. The van der Waals surface area contributed by atoms with E-state index < -0.39 is 6.10 Å². The van der Waals surface area contributed by atoms with Gasteiger partial charge in [0.1, 0.15) is 5.75 Å². The van der Waals surface area contributed by atoms with Gasteiger partial charge in [-0.05, 0) is 40.6 Å². The zero-order valence-electron chi connectivity index (χ0n) is 16.3. The van der Waals surface area contributed by atoms with Gasteiger partial charge in [0, 0.05) is 18.2 Å². The lowest BCUT2D eigenvalue weighted by Gasteiger charge is -2.33. The SMILES string of the molecule is COc1ccc(Cc2cc(C3CC(O)CC(CO)O3)c3ccccc3c2Cl)cc1. The van der Waals surface area contributed by atoms with Crippen molar-refractivity contribution in [2.45, 2.75) is 37.6 Å². The Morgan fingerprint density at radius 3 is 2.48 bits per heavy atom. The van der Waals surface area contributed by atoms with Gasteiger partial charge in [-0.25, -0.2) is 0 Å². The first kappa shape index (κ1) is 20.2. The number of aliphatic hydroxyl groups is 2. The van der Waals surface area contributed by atoms with E-state index in [2.05, 4.69) is 6.07 Å². The highest BCUT2D eigenvalue weighted by atomic mass is 35.5. The van der Waals surface area contributed by atoms with Gasteiger partial charge in [0.05, 0.1) is 37.1 Å². The number of rotatable bonds is 5. The van der Waals surface area contributed by atoms with E-state index in [0.29, 0.717) is 19.3 Å². The van der Waals surface area contributed by atoms with Gasteiger partial charge in [-0.15, -0.1) is 0 Å². The predicted octanol–water partition coefficient (Wildman–Crippen LogP) is 4.67. The second-order valence-electron chi connectivity index (χ2n) is 7.56. The van der Waals surface area contributed by atoms with Gasteiger partial charge in [0.15, 0.2) is 0 Å². The summed E-state index contributed by atoms with van der Waals surface area (Å²) in [7, 11) is 1.65. The average Bonchev–Trinajstić information content (AvgIpc) is 2.75. The lowest BCUT2D eigenvalue weighted by atomic mass is 9.90. The van der Waals surface area contributed by atoms with Crippen LogP contribution in [0.4, 0.5) is 0 Å². The molecule has 0 amide bonds. The molecule has 0 aliphatic carbocycles. The van der Waals surface area contributed by atoms with Crippen molar-refractivity contribution in [3.8, 4) is 5.75 Å². The molecule has 1 aliphatic heterocycles. The molecule has 4 nitrogen and oxygen atoms in total. The van der Waals surface area contributed by atoms with Crippen LogP contribution in [0.15, 0.2) is 54.6 Å². The number of fused-ring (bicyclic) bond motifs is 1. The summed E-state index contributed by atoms with van der Waals surface area (Å²) < 4.78 is 11.3. The van der Waals surface area contributed by atoms with Gasteiger partial charge >= 0.3 is 0 Å². The van der Waals surface area contributed by atoms with Crippen LogP contribution in [-0.4, -0.2) is 36.1 Å². The molecule has 29 heavy (non-hydrogen) atoms. The van der Waals surface area contributed by atoms with E-state index in [0.717, 1.165) is 38.2 Å². The van der Waals surface area contributed by atoms with Crippen LogP contribution in [-0.2, 0) is 11.2 Å². The number of hydrogen-bond donors (Lipinski definition) is 2. The molecule has 3 unspecified atom stereocenters. The van der Waals surface area contributed by atoms with Crippen LogP contribution in [0, 0.1) is 0 Å². The van der Waals surface area contributed by atoms with E-state index in [1.165, 1.54) is 0 Å². The summed E-state index contributed by atoms with van der Waals surface area (Å²) in [5.41, 5.74) is 3.15. The number of methoxy groups -OCH3 is 1. The first-order valence-electron chi connectivity index (χ1n) is 9.86. The Morgan fingerprint density at radius 1 is 1.07 bits per heavy atom. The summed E-state index contributed by atoms with van der Waals surface area (Å²) in [6, 6.07) is 18.0. The molecule has 3 atom stereocenters. The van der Waals surface area contributed by atoms with Crippen molar-refractivity contribution in [3.63, 3.8) is 0 Å². The maximum atomic E-state index is 10.3. The summed E-state index contributed by atoms with van der Waals surface area (Å²) in [6.45, 7) is -0.0994. The Morgan fingerprint density at radius 2 is 1.79 bits per heavy atom. The van der Waals surface area contributed by atoms with E-state index >= 15 is 0 Å². The van der Waals surface area contributed by atoms with Gasteiger partial charge in [0.2, 0.25) is 0 Å². The molecular weight excluding hydrogens is 388 g/mol. The fraction of sp³-hybridized carbons (Fsp3) is 0.333. The van der Waals surface area contributed by atoms with Crippen molar-refractivity contribution >= 4 is 22.4 Å². The summed E-state index contributed by atoms with van der Waals surface area (Å²) >= 11 is 6.79. The Hall–Kier alpha value is -2.11. The van der Waals surface area contributed by atoms with Gasteiger partial charge in [0.25, 0.3) is 0 Å². The third-order valence-electron chi connectivity index (χ3n) is 5.57. The van der Waals surface area contributed by atoms with Crippen molar-refractivity contribution < 1.29 is 19.7 Å². The molecule has 1 aliphatic rings. The Kier molecular flexibility index (Phi) is 6.07. The fourth-order valence-electron chi connectivity index (χ4n) is 4.09. The van der Waals surface area contributed by atoms with E-state index in [4.69, 9.17) is 21.1 Å². The molecule has 0 aromatic heterocycles. The molecule has 2 N–H and O–H groups in total. The van der Waals surface area contributed by atoms with Crippen LogP contribution in [0.25, 0.3) is 10.8 Å². The molecule has 0 saturated carbocycles. The molecule has 1 saturated heterocycles. The normalized spacial score (nSPS) is 22.0. The highest BCUT2D eigenvalue weighted by Crippen LogP contribution is 2.39. The highest BCUT2D eigenvalue weighted by molar-refractivity contribution is 6.36. The minimum atomic E-state index is -0.495. The van der Waals surface area contributed by atoms with Gasteiger partial charge in [-0.2, -0.15) is 0 Å². The van der Waals surface area contributed by atoms with Crippen molar-refractivity contribution in [3.05, 3.63) is 76.3 Å². The predicted molar refractivity (Wildman–Crippen MR) is 115 cm³/mol. The van der Waals surface area contributed by atoms with E-state index in [-0.39, 0.29) is 18.8 Å². The van der Waals surface area contributed by atoms with Crippen LogP contribution >= 0.6 is 11.6 Å². The Balaban J connectivity index is 1.76. The molecule has 0 radical (unpaired) electrons. The molecular formula is C24H25ClO4. The lowest BCUT2D eigenvalue weighted by molar-refractivity contribution is -0.113. The topological polar surface area (TPSA) is 58.9 Å². The van der Waals surface area contributed by atoms with Crippen LogP contribution in [0.2, 0.25) is 5.02 Å². The van der Waals surface area contributed by atoms with Crippen LogP contribution in [0.1, 0.15) is 35.6 Å². The second kappa shape index (κ2) is 8.72. The third-order valence-corrected chi connectivity index (χ3v) is 6.01. The smallest absolute Gasteiger partial charge is 0.118 e. The zero-order chi connectivity index (χ0) is 20.4. The maximum Gasteiger partial charge on any atom is 0.118 e. The van der Waals surface area contributed by atoms with E-state index in [1.807, 2.05) is 48.5 Å². The largest absolute Gasteiger partial charge is 0.497 e. The average molecular weight is 413 g/mol. The van der Waals surface area contributed by atoms with Gasteiger partial charge in [-0.3, -0.25) is 0 Å². The first-order chi connectivity index (χ1) is 14.1. The highest BCUT2D eigenvalue weighted by Gasteiger charge is 2.30. The number of aliphatic hydroxyl groups excluding tert-OH is 2. The molecule has 1 fully saturated rings. The zero-order valence-corrected chi connectivity index (χ0v) is 17.1. The van der Waals surface area contributed by atoms with E-state index in [1.54, 1.807) is 7.11 Å². The maximum absolute atomic E-state index is 10.3. The van der Waals surface area contributed by atoms with Crippen LogP contribution in [0.5, 0.6) is 5.75 Å². The van der Waals surface area contributed by atoms with Crippen molar-refractivity contribution in [1.29, 1.82) is 0 Å². The molecule has 3 aromatic carbocycles. The molecule has 152 valence electrons. The molecule has 1 heterocycles. The molecule has 4 rings (SSSR count). The third kappa shape index (κ3) is 4.26. The van der Waals surface area contributed by atoms with E-state index in [9.17, 15) is 10.2 Å². The van der Waals surface area contributed by atoms with Crippen molar-refractivity contribution in [2.75, 3.05) is 13.7 Å². The second-order valence-corrected chi connectivity index (χ2v) is 7.94. The Labute approximate surface area is 175 Å². The van der Waals surface area contributed by atoms with Gasteiger partial charge < -0.3 is 19.7 Å². The molecule has 0 bridgehead atoms. The Bertz CT molecular complexity index is 986. The standard InChI is InChI=1S/C24H25ClO4/c1-28-18-8-6-15(7-9-18)10-16-11-22(20-4-2-3-5-21(20)24(16)25)23-13-17(27)12-19(14-26)29-23/h2-9,11,17,19,23,26-27H,10,12-14H2,1H3. The number of halogens is 1. The van der Waals surface area contributed by atoms with Crippen molar-refractivity contribution in [1.82, 2.24) is 0 Å². The number of benzene rings is 3. The minimum Gasteiger partial charge on any atom is -0.497 e. The summed E-state index contributed by atoms with van der Waals surface area (Å²) in [4.78, 5) is 0. The van der Waals surface area contributed by atoms with Gasteiger partial charge in [-0.1, -0.05) is 54.1 Å². The number of ether oxygens (including phenoxy) is 2. The summed E-state index contributed by atoms with van der Waals surface area (Å²) in [6.07, 6.45) is 0.502. The molecule has 0 spiro atoms.